The summed E-state index contributed by atoms with van der Waals surface area (Å²) < 4.78 is 38.6. The number of benzene rings is 2. The molecule has 0 radical (unpaired) electrons. The van der Waals surface area contributed by atoms with Gasteiger partial charge in [0.25, 0.3) is 10.0 Å². The lowest BCUT2D eigenvalue weighted by Crippen LogP contribution is -2.30. The lowest BCUT2D eigenvalue weighted by molar-refractivity contribution is 0.0956. The summed E-state index contributed by atoms with van der Waals surface area (Å²) in [6.07, 6.45) is 3.56. The molecule has 2 heterocycles. The summed E-state index contributed by atoms with van der Waals surface area (Å²) >= 11 is 0. The number of fused-ring (bicyclic) bond motifs is 1. The topological polar surface area (TPSA) is 88.8 Å². The monoisotopic (exact) mass is 428 g/mol. The molecule has 1 N–H and O–H groups in total. The van der Waals surface area contributed by atoms with Crippen LogP contribution >= 0.6 is 0 Å². The summed E-state index contributed by atoms with van der Waals surface area (Å²) in [4.78, 5) is 14.8. The van der Waals surface area contributed by atoms with Crippen molar-refractivity contribution in [2.45, 2.75) is 31.1 Å². The van der Waals surface area contributed by atoms with Gasteiger partial charge in [-0.2, -0.15) is 0 Å². The number of sulfonamides is 1. The summed E-state index contributed by atoms with van der Waals surface area (Å²) in [5.74, 6) is -0.689. The van der Waals surface area contributed by atoms with E-state index < -0.39 is 15.9 Å². The molecule has 1 amide bonds. The van der Waals surface area contributed by atoms with Gasteiger partial charge in [0.2, 0.25) is 0 Å². The third kappa shape index (κ3) is 4.14. The Hall–Kier alpha value is -3.00. The third-order valence-corrected chi connectivity index (χ3v) is 6.48. The highest BCUT2D eigenvalue weighted by Gasteiger charge is 2.24. The molecule has 7 nitrogen and oxygen atoms in total. The average molecular weight is 429 g/mol. The minimum absolute atomic E-state index is 0.0572. The van der Waals surface area contributed by atoms with Crippen molar-refractivity contribution in [3.05, 3.63) is 54.3 Å². The number of nitrogens with zero attached hydrogens (tertiary/aromatic N) is 1. The summed E-state index contributed by atoms with van der Waals surface area (Å²) in [6.45, 7) is 4.06. The Morgan fingerprint density at radius 3 is 2.63 bits per heavy atom. The van der Waals surface area contributed by atoms with Crippen LogP contribution in [0.4, 0.5) is 5.69 Å². The summed E-state index contributed by atoms with van der Waals surface area (Å²) in [5.41, 5.74) is 1.59. The van der Waals surface area contributed by atoms with Crippen molar-refractivity contribution < 1.29 is 22.4 Å². The third-order valence-electron chi connectivity index (χ3n) is 5.11. The number of rotatable bonds is 6. The SMILES string of the molecule is CCOc1ccccc1S(=O)(=O)NC(=O)c1cc2ccc(N3CCCCC3)cc2o1. The smallest absolute Gasteiger partial charge is 0.300 e. The highest BCUT2D eigenvalue weighted by molar-refractivity contribution is 7.90. The van der Waals surface area contributed by atoms with E-state index in [1.54, 1.807) is 31.2 Å². The van der Waals surface area contributed by atoms with E-state index in [-0.39, 0.29) is 16.4 Å². The molecule has 0 bridgehead atoms. The minimum atomic E-state index is -4.12. The fourth-order valence-electron chi connectivity index (χ4n) is 3.65. The molecule has 0 saturated carbocycles. The maximum atomic E-state index is 12.7. The first kappa shape index (κ1) is 20.3. The number of amides is 1. The van der Waals surface area contributed by atoms with Gasteiger partial charge in [-0.25, -0.2) is 13.1 Å². The van der Waals surface area contributed by atoms with E-state index in [9.17, 15) is 13.2 Å². The van der Waals surface area contributed by atoms with Crippen LogP contribution in [-0.4, -0.2) is 34.0 Å². The van der Waals surface area contributed by atoms with Crippen LogP contribution in [0.25, 0.3) is 11.0 Å². The molecule has 1 aliphatic heterocycles. The molecule has 1 saturated heterocycles. The Bertz CT molecular complexity index is 1160. The second-order valence-corrected chi connectivity index (χ2v) is 8.85. The first-order valence-electron chi connectivity index (χ1n) is 10.1. The minimum Gasteiger partial charge on any atom is -0.492 e. The molecule has 1 aromatic heterocycles. The lowest BCUT2D eigenvalue weighted by Gasteiger charge is -2.28. The number of carbonyl (C=O) groups is 1. The zero-order valence-corrected chi connectivity index (χ0v) is 17.6. The van der Waals surface area contributed by atoms with E-state index in [0.29, 0.717) is 12.2 Å². The van der Waals surface area contributed by atoms with Crippen molar-refractivity contribution in [1.82, 2.24) is 4.72 Å². The zero-order valence-electron chi connectivity index (χ0n) is 16.8. The van der Waals surface area contributed by atoms with Crippen LogP contribution in [0.15, 0.2) is 57.8 Å². The van der Waals surface area contributed by atoms with Gasteiger partial charge in [-0.05, 0) is 56.5 Å². The van der Waals surface area contributed by atoms with Gasteiger partial charge < -0.3 is 14.1 Å². The molecular formula is C22H24N2O5S. The molecule has 2 aromatic carbocycles. The first-order chi connectivity index (χ1) is 14.5. The van der Waals surface area contributed by atoms with Crippen LogP contribution < -0.4 is 14.4 Å². The van der Waals surface area contributed by atoms with Gasteiger partial charge in [-0.15, -0.1) is 0 Å². The van der Waals surface area contributed by atoms with Gasteiger partial charge in [0.05, 0.1) is 6.61 Å². The summed E-state index contributed by atoms with van der Waals surface area (Å²) in [5, 5.41) is 0.744. The molecule has 0 spiro atoms. The van der Waals surface area contributed by atoms with E-state index in [4.69, 9.17) is 9.15 Å². The molecule has 1 fully saturated rings. The van der Waals surface area contributed by atoms with Gasteiger partial charge in [0, 0.05) is 30.2 Å². The van der Waals surface area contributed by atoms with Crippen molar-refractivity contribution in [2.24, 2.45) is 0 Å². The molecule has 8 heteroatoms. The van der Waals surface area contributed by atoms with E-state index >= 15 is 0 Å². The molecule has 0 unspecified atom stereocenters. The van der Waals surface area contributed by atoms with Crippen LogP contribution in [0, 0.1) is 0 Å². The number of furan rings is 1. The Kier molecular flexibility index (Phi) is 5.67. The number of ether oxygens (including phenoxy) is 1. The van der Waals surface area contributed by atoms with Crippen molar-refractivity contribution in [3.8, 4) is 5.75 Å². The van der Waals surface area contributed by atoms with Gasteiger partial charge >= 0.3 is 5.91 Å². The highest BCUT2D eigenvalue weighted by Crippen LogP contribution is 2.28. The van der Waals surface area contributed by atoms with E-state index in [1.807, 2.05) is 18.2 Å². The van der Waals surface area contributed by atoms with Crippen molar-refractivity contribution in [3.63, 3.8) is 0 Å². The Labute approximate surface area is 175 Å². The maximum absolute atomic E-state index is 12.7. The van der Waals surface area contributed by atoms with Gasteiger partial charge in [-0.1, -0.05) is 12.1 Å². The Morgan fingerprint density at radius 1 is 1.10 bits per heavy atom. The Balaban J connectivity index is 1.57. The van der Waals surface area contributed by atoms with E-state index in [0.717, 1.165) is 37.0 Å². The summed E-state index contributed by atoms with van der Waals surface area (Å²) in [6, 6.07) is 13.5. The number of anilines is 1. The number of para-hydroxylation sites is 1. The molecule has 30 heavy (non-hydrogen) atoms. The zero-order chi connectivity index (χ0) is 21.1. The quantitative estimate of drug-likeness (QED) is 0.640. The van der Waals surface area contributed by atoms with Crippen molar-refractivity contribution >= 4 is 32.6 Å². The summed E-state index contributed by atoms with van der Waals surface area (Å²) in [7, 11) is -4.12. The number of carbonyl (C=O) groups excluding carboxylic acids is 1. The molecule has 1 aliphatic rings. The number of nitrogens with one attached hydrogen (secondary N) is 1. The van der Waals surface area contributed by atoms with Crippen LogP contribution in [0.5, 0.6) is 5.75 Å². The predicted molar refractivity (Wildman–Crippen MR) is 115 cm³/mol. The van der Waals surface area contributed by atoms with E-state index in [2.05, 4.69) is 9.62 Å². The van der Waals surface area contributed by atoms with Crippen LogP contribution in [0.3, 0.4) is 0 Å². The Morgan fingerprint density at radius 2 is 1.87 bits per heavy atom. The predicted octanol–water partition coefficient (Wildman–Crippen LogP) is 3.94. The van der Waals surface area contributed by atoms with Crippen molar-refractivity contribution in [2.75, 3.05) is 24.6 Å². The van der Waals surface area contributed by atoms with E-state index in [1.165, 1.54) is 12.5 Å². The fraction of sp³-hybridized carbons (Fsp3) is 0.318. The second-order valence-electron chi connectivity index (χ2n) is 7.19. The molecule has 0 aliphatic carbocycles. The molecule has 0 atom stereocenters. The first-order valence-corrected chi connectivity index (χ1v) is 11.5. The molecular weight excluding hydrogens is 404 g/mol. The normalized spacial score (nSPS) is 14.6. The highest BCUT2D eigenvalue weighted by atomic mass is 32.2. The molecule has 3 aromatic rings. The molecule has 158 valence electrons. The van der Waals surface area contributed by atoms with Crippen molar-refractivity contribution in [1.29, 1.82) is 0 Å². The number of hydrogen-bond acceptors (Lipinski definition) is 6. The van der Waals surface area contributed by atoms with Crippen LogP contribution in [0.2, 0.25) is 0 Å². The standard InChI is InChI=1S/C22H24N2O5S/c1-2-28-18-8-4-5-9-21(18)30(26,27)23-22(25)20-14-16-10-11-17(15-19(16)29-20)24-12-6-3-7-13-24/h4-5,8-11,14-15H,2-3,6-7,12-13H2,1H3,(H,23,25). The number of hydrogen-bond donors (Lipinski definition) is 1. The number of piperidine rings is 1. The molecule has 4 rings (SSSR count). The van der Waals surface area contributed by atoms with Gasteiger partial charge in [0.1, 0.15) is 16.2 Å². The van der Waals surface area contributed by atoms with Crippen LogP contribution in [-0.2, 0) is 10.0 Å². The van der Waals surface area contributed by atoms with Gasteiger partial charge in [0.15, 0.2) is 5.76 Å². The fourth-order valence-corrected chi connectivity index (χ4v) is 4.76. The maximum Gasteiger partial charge on any atom is 0.300 e. The lowest BCUT2D eigenvalue weighted by atomic mass is 10.1. The average Bonchev–Trinajstić information content (AvgIpc) is 3.18. The van der Waals surface area contributed by atoms with Gasteiger partial charge in [-0.3, -0.25) is 4.79 Å². The van der Waals surface area contributed by atoms with Crippen LogP contribution in [0.1, 0.15) is 36.7 Å². The largest absolute Gasteiger partial charge is 0.492 e. The second kappa shape index (κ2) is 8.39.